The standard InChI is InChI=1S/C15H11NOS/c1-11-4-2-5-12(8-11)9-13(10-16)15(17)14-6-3-7-18-14/h2-9H,1H3/b13-9+. The number of nitriles is 1. The third-order valence-electron chi connectivity index (χ3n) is 2.46. The number of carbonyl (C=O) groups excluding carboxylic acids is 1. The molecule has 0 radical (unpaired) electrons. The molecule has 0 atom stereocenters. The van der Waals surface area contributed by atoms with E-state index in [1.165, 1.54) is 11.3 Å². The fraction of sp³-hybridized carbons (Fsp3) is 0.0667. The second-order valence-electron chi connectivity index (χ2n) is 3.89. The predicted octanol–water partition coefficient (Wildman–Crippen LogP) is 3.85. The SMILES string of the molecule is Cc1cccc(/C=C(\C#N)C(=O)c2cccs2)c1. The summed E-state index contributed by atoms with van der Waals surface area (Å²) in [5.74, 6) is -0.214. The average Bonchev–Trinajstić information content (AvgIpc) is 2.89. The van der Waals surface area contributed by atoms with Crippen molar-refractivity contribution in [1.82, 2.24) is 0 Å². The lowest BCUT2D eigenvalue weighted by Gasteiger charge is -1.98. The van der Waals surface area contributed by atoms with Crippen LogP contribution in [-0.2, 0) is 0 Å². The largest absolute Gasteiger partial charge is 0.287 e. The Bertz CT molecular complexity index is 633. The molecule has 1 aromatic carbocycles. The first-order valence-electron chi connectivity index (χ1n) is 5.47. The summed E-state index contributed by atoms with van der Waals surface area (Å²) in [5, 5.41) is 10.9. The molecule has 0 fully saturated rings. The summed E-state index contributed by atoms with van der Waals surface area (Å²) in [6.07, 6.45) is 1.63. The van der Waals surface area contributed by atoms with Crippen LogP contribution in [0.2, 0.25) is 0 Å². The lowest BCUT2D eigenvalue weighted by Crippen LogP contribution is -1.98. The first-order chi connectivity index (χ1) is 8.70. The Balaban J connectivity index is 2.35. The van der Waals surface area contributed by atoms with Gasteiger partial charge in [-0.15, -0.1) is 11.3 Å². The molecule has 3 heteroatoms. The molecule has 0 N–H and O–H groups in total. The molecule has 0 unspecified atom stereocenters. The number of nitrogens with zero attached hydrogens (tertiary/aromatic N) is 1. The Morgan fingerprint density at radius 1 is 1.33 bits per heavy atom. The van der Waals surface area contributed by atoms with Gasteiger partial charge in [-0.05, 0) is 30.0 Å². The summed E-state index contributed by atoms with van der Waals surface area (Å²) in [4.78, 5) is 12.6. The van der Waals surface area contributed by atoms with Crippen LogP contribution < -0.4 is 0 Å². The average molecular weight is 253 g/mol. The van der Waals surface area contributed by atoms with E-state index in [0.29, 0.717) is 4.88 Å². The van der Waals surface area contributed by atoms with Gasteiger partial charge < -0.3 is 0 Å². The Kier molecular flexibility index (Phi) is 3.71. The van der Waals surface area contributed by atoms with E-state index in [4.69, 9.17) is 5.26 Å². The highest BCUT2D eigenvalue weighted by Crippen LogP contribution is 2.17. The molecule has 2 rings (SSSR count). The molecule has 0 bridgehead atoms. The predicted molar refractivity (Wildman–Crippen MR) is 73.4 cm³/mol. The van der Waals surface area contributed by atoms with Crippen LogP contribution in [-0.4, -0.2) is 5.78 Å². The minimum absolute atomic E-state index is 0.169. The third-order valence-corrected chi connectivity index (χ3v) is 3.33. The molecule has 18 heavy (non-hydrogen) atoms. The fourth-order valence-electron chi connectivity index (χ4n) is 1.62. The fourth-order valence-corrected chi connectivity index (χ4v) is 2.29. The Morgan fingerprint density at radius 2 is 2.17 bits per heavy atom. The van der Waals surface area contributed by atoms with E-state index >= 15 is 0 Å². The molecule has 0 aliphatic heterocycles. The zero-order valence-electron chi connectivity index (χ0n) is 9.88. The van der Waals surface area contributed by atoms with Gasteiger partial charge in [-0.1, -0.05) is 35.9 Å². The number of hydrogen-bond donors (Lipinski definition) is 0. The molecule has 0 amide bonds. The number of aryl methyl sites for hydroxylation is 1. The minimum Gasteiger partial charge on any atom is -0.287 e. The molecule has 2 nitrogen and oxygen atoms in total. The van der Waals surface area contributed by atoms with Crippen molar-refractivity contribution in [3.63, 3.8) is 0 Å². The van der Waals surface area contributed by atoms with E-state index in [2.05, 4.69) is 0 Å². The van der Waals surface area contributed by atoms with Crippen molar-refractivity contribution in [2.75, 3.05) is 0 Å². The van der Waals surface area contributed by atoms with Crippen LogP contribution in [0.25, 0.3) is 6.08 Å². The van der Waals surface area contributed by atoms with Gasteiger partial charge in [-0.3, -0.25) is 4.79 Å². The van der Waals surface area contributed by atoms with Gasteiger partial charge in [0.2, 0.25) is 5.78 Å². The molecule has 0 aliphatic carbocycles. The van der Waals surface area contributed by atoms with Gasteiger partial charge in [0.25, 0.3) is 0 Å². The smallest absolute Gasteiger partial charge is 0.213 e. The summed E-state index contributed by atoms with van der Waals surface area (Å²) in [7, 11) is 0. The molecule has 0 saturated heterocycles. The van der Waals surface area contributed by atoms with Gasteiger partial charge in [0.15, 0.2) is 0 Å². The molecular formula is C15H11NOS. The van der Waals surface area contributed by atoms with Crippen molar-refractivity contribution in [2.24, 2.45) is 0 Å². The highest BCUT2D eigenvalue weighted by Gasteiger charge is 2.12. The topological polar surface area (TPSA) is 40.9 Å². The second kappa shape index (κ2) is 5.44. The lowest BCUT2D eigenvalue weighted by molar-refractivity contribution is 0.104. The Hall–Kier alpha value is -2.18. The van der Waals surface area contributed by atoms with E-state index in [-0.39, 0.29) is 11.4 Å². The summed E-state index contributed by atoms with van der Waals surface area (Å²) in [6.45, 7) is 1.98. The van der Waals surface area contributed by atoms with E-state index in [1.54, 1.807) is 18.2 Å². The van der Waals surface area contributed by atoms with Crippen LogP contribution in [0, 0.1) is 18.3 Å². The van der Waals surface area contributed by atoms with Gasteiger partial charge in [-0.2, -0.15) is 5.26 Å². The lowest BCUT2D eigenvalue weighted by atomic mass is 10.1. The minimum atomic E-state index is -0.214. The van der Waals surface area contributed by atoms with Crippen molar-refractivity contribution in [3.8, 4) is 6.07 Å². The number of thiophene rings is 1. The van der Waals surface area contributed by atoms with E-state index in [9.17, 15) is 4.79 Å². The van der Waals surface area contributed by atoms with Gasteiger partial charge in [0, 0.05) is 0 Å². The Labute approximate surface area is 110 Å². The van der Waals surface area contributed by atoms with E-state index in [1.807, 2.05) is 42.6 Å². The summed E-state index contributed by atoms with van der Waals surface area (Å²) < 4.78 is 0. The van der Waals surface area contributed by atoms with Gasteiger partial charge in [-0.25, -0.2) is 0 Å². The van der Waals surface area contributed by atoms with E-state index < -0.39 is 0 Å². The van der Waals surface area contributed by atoms with Crippen molar-refractivity contribution in [3.05, 3.63) is 63.4 Å². The molecule has 2 aromatic rings. The van der Waals surface area contributed by atoms with Crippen LogP contribution in [0.4, 0.5) is 0 Å². The van der Waals surface area contributed by atoms with E-state index in [0.717, 1.165) is 11.1 Å². The molecule has 0 spiro atoms. The van der Waals surface area contributed by atoms with Crippen molar-refractivity contribution in [2.45, 2.75) is 6.92 Å². The second-order valence-corrected chi connectivity index (χ2v) is 4.84. The summed E-state index contributed by atoms with van der Waals surface area (Å²) in [5.41, 5.74) is 2.14. The quantitative estimate of drug-likeness (QED) is 0.473. The van der Waals surface area contributed by atoms with Gasteiger partial charge >= 0.3 is 0 Å². The molecular weight excluding hydrogens is 242 g/mol. The zero-order valence-corrected chi connectivity index (χ0v) is 10.7. The molecule has 88 valence electrons. The van der Waals surface area contributed by atoms with Crippen molar-refractivity contribution < 1.29 is 4.79 Å². The number of ketones is 1. The normalized spacial score (nSPS) is 11.0. The summed E-state index contributed by atoms with van der Waals surface area (Å²) in [6, 6.07) is 13.2. The zero-order chi connectivity index (χ0) is 13.0. The third kappa shape index (κ3) is 2.73. The van der Waals surface area contributed by atoms with Crippen LogP contribution in [0.15, 0.2) is 47.4 Å². The maximum absolute atomic E-state index is 12.0. The molecule has 0 saturated carbocycles. The van der Waals surface area contributed by atoms with Gasteiger partial charge in [0.05, 0.1) is 4.88 Å². The summed E-state index contributed by atoms with van der Waals surface area (Å²) >= 11 is 1.35. The molecule has 1 aromatic heterocycles. The number of hydrogen-bond acceptors (Lipinski definition) is 3. The van der Waals surface area contributed by atoms with Crippen LogP contribution in [0.3, 0.4) is 0 Å². The number of carbonyl (C=O) groups is 1. The number of allylic oxidation sites excluding steroid dienone is 1. The maximum Gasteiger partial charge on any atom is 0.213 e. The maximum atomic E-state index is 12.0. The van der Waals surface area contributed by atoms with Crippen molar-refractivity contribution in [1.29, 1.82) is 5.26 Å². The van der Waals surface area contributed by atoms with Crippen LogP contribution in [0.5, 0.6) is 0 Å². The van der Waals surface area contributed by atoms with Crippen LogP contribution >= 0.6 is 11.3 Å². The highest BCUT2D eigenvalue weighted by molar-refractivity contribution is 7.12. The first kappa shape index (κ1) is 12.3. The molecule has 1 heterocycles. The number of rotatable bonds is 3. The van der Waals surface area contributed by atoms with Gasteiger partial charge in [0.1, 0.15) is 11.6 Å². The molecule has 0 aliphatic rings. The van der Waals surface area contributed by atoms with Crippen molar-refractivity contribution >= 4 is 23.2 Å². The number of Topliss-reactive ketones (excluding diaryl/α,β-unsaturated/α-hetero) is 1. The highest BCUT2D eigenvalue weighted by atomic mass is 32.1. The monoisotopic (exact) mass is 253 g/mol. The first-order valence-corrected chi connectivity index (χ1v) is 6.35. The Morgan fingerprint density at radius 3 is 2.78 bits per heavy atom. The van der Waals surface area contributed by atoms with Crippen LogP contribution in [0.1, 0.15) is 20.8 Å². The number of benzene rings is 1.